The van der Waals surface area contributed by atoms with E-state index in [0.29, 0.717) is 107 Å². The molecule has 0 aromatic heterocycles. The van der Waals surface area contributed by atoms with Crippen molar-refractivity contribution in [2.45, 2.75) is 32.1 Å². The Morgan fingerprint density at radius 1 is 0.280 bits per heavy atom. The van der Waals surface area contributed by atoms with Crippen LogP contribution < -0.4 is 0 Å². The maximum absolute atomic E-state index is 14.1. The fraction of sp³-hybridized carbons (Fsp3) is 0.286. The molecule has 15 heteroatoms. The number of carbonyl (C=O) groups is 5. The molecular formula is C35H25N5O10. The zero-order chi connectivity index (χ0) is 34.4. The fourth-order valence-corrected chi connectivity index (χ4v) is 10.1. The Labute approximate surface area is 279 Å². The van der Waals surface area contributed by atoms with Gasteiger partial charge in [0.2, 0.25) is 0 Å². The predicted molar refractivity (Wildman–Crippen MR) is 170 cm³/mol. The minimum absolute atomic E-state index is 0.0936. The highest BCUT2D eigenvalue weighted by atomic mass is 16.5. The van der Waals surface area contributed by atoms with E-state index < -0.39 is 29.5 Å². The summed E-state index contributed by atoms with van der Waals surface area (Å²) in [4.78, 5) is 70.7. The molecule has 0 aliphatic carbocycles. The SMILES string of the molecule is O=C1c2c(c3c4c(c5c6c(c7c8c(c9c%10c(c2c2c3c5c7c92)CCN(O)C%10=O)CCN(O)C8=O)CCN(O)C6=O)CCN(O)C4=O)CCN1O. The molecule has 6 aromatic carbocycles. The van der Waals surface area contributed by atoms with E-state index in [1.54, 1.807) is 0 Å². The Balaban J connectivity index is 1.56. The van der Waals surface area contributed by atoms with Gasteiger partial charge < -0.3 is 0 Å². The third-order valence-corrected chi connectivity index (χ3v) is 11.9. The molecule has 5 heterocycles. The van der Waals surface area contributed by atoms with Gasteiger partial charge in [-0.3, -0.25) is 50.0 Å². The third kappa shape index (κ3) is 2.89. The van der Waals surface area contributed by atoms with Crippen LogP contribution in [0.25, 0.3) is 53.9 Å². The molecule has 250 valence electrons. The van der Waals surface area contributed by atoms with Crippen molar-refractivity contribution in [1.82, 2.24) is 25.3 Å². The topological polar surface area (TPSA) is 203 Å². The van der Waals surface area contributed by atoms with Crippen LogP contribution in [0.5, 0.6) is 0 Å². The molecule has 50 heavy (non-hydrogen) atoms. The molecule has 5 amide bonds. The smallest absolute Gasteiger partial charge is 0.278 e. The van der Waals surface area contributed by atoms with Crippen molar-refractivity contribution < 1.29 is 50.0 Å². The van der Waals surface area contributed by atoms with Crippen molar-refractivity contribution in [3.63, 3.8) is 0 Å². The molecule has 0 fully saturated rings. The van der Waals surface area contributed by atoms with E-state index >= 15 is 0 Å². The number of hydrogen-bond acceptors (Lipinski definition) is 10. The monoisotopic (exact) mass is 675 g/mol. The summed E-state index contributed by atoms with van der Waals surface area (Å²) in [6.45, 7) is -0.468. The lowest BCUT2D eigenvalue weighted by Crippen LogP contribution is -2.38. The Morgan fingerprint density at radius 3 is 0.600 bits per heavy atom. The molecule has 0 unspecified atom stereocenters. The number of amides is 5. The predicted octanol–water partition coefficient (Wildman–Crippen LogP) is 2.70. The van der Waals surface area contributed by atoms with Crippen LogP contribution in [0, 0.1) is 0 Å². The third-order valence-electron chi connectivity index (χ3n) is 11.9. The minimum Gasteiger partial charge on any atom is -0.286 e. The van der Waals surface area contributed by atoms with Gasteiger partial charge in [0.05, 0.1) is 60.5 Å². The summed E-state index contributed by atoms with van der Waals surface area (Å²) < 4.78 is 0. The average molecular weight is 676 g/mol. The van der Waals surface area contributed by atoms with Crippen molar-refractivity contribution in [3.8, 4) is 0 Å². The first kappa shape index (κ1) is 28.4. The highest BCUT2D eigenvalue weighted by molar-refractivity contribution is 6.51. The number of fused-ring (bicyclic) bond motifs is 15. The molecule has 0 bridgehead atoms. The zero-order valence-corrected chi connectivity index (χ0v) is 26.1. The van der Waals surface area contributed by atoms with Gasteiger partial charge in [-0.1, -0.05) is 0 Å². The first-order chi connectivity index (χ1) is 24.0. The molecule has 15 nitrogen and oxygen atoms in total. The van der Waals surface area contributed by atoms with Crippen LogP contribution >= 0.6 is 0 Å². The first-order valence-electron chi connectivity index (χ1n) is 16.5. The molecular weight excluding hydrogens is 650 g/mol. The lowest BCUT2D eigenvalue weighted by molar-refractivity contribution is -0.0607. The number of carbonyl (C=O) groups excluding carboxylic acids is 5. The van der Waals surface area contributed by atoms with E-state index in [1.807, 2.05) is 0 Å². The Hall–Kier alpha value is -5.45. The van der Waals surface area contributed by atoms with Crippen LogP contribution in [0.4, 0.5) is 0 Å². The van der Waals surface area contributed by atoms with Crippen LogP contribution in [0.3, 0.4) is 0 Å². The number of hydrogen-bond donors (Lipinski definition) is 5. The lowest BCUT2D eigenvalue weighted by atomic mass is 9.78. The summed E-state index contributed by atoms with van der Waals surface area (Å²) in [5.74, 6) is -3.64. The maximum atomic E-state index is 14.1. The molecule has 5 N–H and O–H groups in total. The Bertz CT molecular complexity index is 2250. The van der Waals surface area contributed by atoms with Gasteiger partial charge >= 0.3 is 0 Å². The fourth-order valence-electron chi connectivity index (χ4n) is 10.1. The summed E-state index contributed by atoms with van der Waals surface area (Å²) in [6, 6.07) is 0. The molecule has 0 atom stereocenters. The van der Waals surface area contributed by atoms with Gasteiger partial charge in [-0.05, 0) is 86.9 Å². The second-order valence-corrected chi connectivity index (χ2v) is 13.9. The number of benzene rings is 5. The van der Waals surface area contributed by atoms with Crippen LogP contribution in [0.1, 0.15) is 79.6 Å². The Morgan fingerprint density at radius 2 is 0.440 bits per heavy atom. The average Bonchev–Trinajstić information content (AvgIpc) is 3.45. The quantitative estimate of drug-likeness (QED) is 0.118. The van der Waals surface area contributed by atoms with Gasteiger partial charge in [0, 0.05) is 26.9 Å². The molecule has 0 spiro atoms. The highest BCUT2D eigenvalue weighted by Gasteiger charge is 2.45. The normalized spacial score (nSPS) is 19.7. The van der Waals surface area contributed by atoms with Crippen molar-refractivity contribution in [2.24, 2.45) is 0 Å². The number of hydroxylamine groups is 10. The van der Waals surface area contributed by atoms with Crippen molar-refractivity contribution in [2.75, 3.05) is 32.7 Å². The van der Waals surface area contributed by atoms with Crippen LogP contribution in [-0.4, -0.2) is 114 Å². The summed E-state index contributed by atoms with van der Waals surface area (Å²) in [5.41, 5.74) is 2.79. The van der Waals surface area contributed by atoms with Gasteiger partial charge in [0.15, 0.2) is 0 Å². The molecule has 5 aliphatic rings. The van der Waals surface area contributed by atoms with Crippen molar-refractivity contribution in [1.29, 1.82) is 0 Å². The second-order valence-electron chi connectivity index (χ2n) is 13.9. The first-order valence-corrected chi connectivity index (χ1v) is 16.5. The van der Waals surface area contributed by atoms with Gasteiger partial charge in [-0.25, -0.2) is 25.3 Å². The molecule has 11 rings (SSSR count). The molecule has 6 aromatic rings. The van der Waals surface area contributed by atoms with Crippen LogP contribution in [0.15, 0.2) is 0 Å². The van der Waals surface area contributed by atoms with E-state index in [9.17, 15) is 50.0 Å². The van der Waals surface area contributed by atoms with Crippen molar-refractivity contribution in [3.05, 3.63) is 55.6 Å². The van der Waals surface area contributed by atoms with E-state index in [-0.39, 0.29) is 92.6 Å². The van der Waals surface area contributed by atoms with E-state index in [1.165, 1.54) is 0 Å². The van der Waals surface area contributed by atoms with Crippen LogP contribution in [-0.2, 0) is 32.1 Å². The summed E-state index contributed by atoms with van der Waals surface area (Å²) in [6.07, 6.45) is 0.604. The lowest BCUT2D eigenvalue weighted by Gasteiger charge is -2.33. The highest BCUT2D eigenvalue weighted by Crippen LogP contribution is 2.59. The van der Waals surface area contributed by atoms with Crippen LogP contribution in [0.2, 0.25) is 0 Å². The van der Waals surface area contributed by atoms with Crippen molar-refractivity contribution >= 4 is 83.4 Å². The minimum atomic E-state index is -0.729. The largest absolute Gasteiger partial charge is 0.286 e. The summed E-state index contributed by atoms with van der Waals surface area (Å²) in [7, 11) is 0. The van der Waals surface area contributed by atoms with E-state index in [2.05, 4.69) is 0 Å². The van der Waals surface area contributed by atoms with Gasteiger partial charge in [-0.2, -0.15) is 0 Å². The Kier molecular flexibility index (Phi) is 5.01. The van der Waals surface area contributed by atoms with E-state index in [4.69, 9.17) is 0 Å². The standard InChI is InChI=1S/C35H25N5O10/c41-31-21-11(1-6-36(31)46)16-22-13(3-8-37(47)32(22)42)18-24-15(5-10-39(49)34(24)44)20-25-14(4-9-40(50)35(25)45)19-23-12(2-7-38(48)33(23)43)17(21)27-26(16)28(18)30(20)29(19)27/h46-50H,1-10H2. The summed E-state index contributed by atoms with van der Waals surface area (Å²) in [5, 5.41) is 61.7. The zero-order valence-electron chi connectivity index (χ0n) is 26.1. The molecule has 5 aliphatic heterocycles. The molecule has 0 saturated carbocycles. The molecule has 0 saturated heterocycles. The van der Waals surface area contributed by atoms with E-state index in [0.717, 1.165) is 0 Å². The van der Waals surface area contributed by atoms with Gasteiger partial charge in [-0.15, -0.1) is 0 Å². The number of nitrogens with zero attached hydrogens (tertiary/aromatic N) is 5. The van der Waals surface area contributed by atoms with Gasteiger partial charge in [0.25, 0.3) is 29.5 Å². The maximum Gasteiger partial charge on any atom is 0.278 e. The number of rotatable bonds is 0. The second kappa shape index (κ2) is 8.82. The summed E-state index contributed by atoms with van der Waals surface area (Å²) >= 11 is 0. The van der Waals surface area contributed by atoms with Gasteiger partial charge in [0.1, 0.15) is 0 Å². The molecule has 0 radical (unpaired) electrons.